The molecule has 0 unspecified atom stereocenters. The van der Waals surface area contributed by atoms with Crippen molar-refractivity contribution in [3.05, 3.63) is 10.6 Å². The standard InChI is InChI=1S/C9H15N3S/c1-6-2-4-7(5-3-6)8-10-9(13)12-11-8/h6-7H,2-5H2,1H3,(H2,10,11,12,13). The van der Waals surface area contributed by atoms with Crippen molar-refractivity contribution in [1.82, 2.24) is 15.2 Å². The van der Waals surface area contributed by atoms with Crippen LogP contribution in [0.4, 0.5) is 0 Å². The Morgan fingerprint density at radius 2 is 2.00 bits per heavy atom. The van der Waals surface area contributed by atoms with Crippen molar-refractivity contribution in [2.24, 2.45) is 5.92 Å². The summed E-state index contributed by atoms with van der Waals surface area (Å²) in [6.07, 6.45) is 5.13. The van der Waals surface area contributed by atoms with Crippen LogP contribution in [0.5, 0.6) is 0 Å². The smallest absolute Gasteiger partial charge is 0.192 e. The van der Waals surface area contributed by atoms with Crippen LogP contribution in [0.3, 0.4) is 0 Å². The zero-order valence-corrected chi connectivity index (χ0v) is 8.66. The lowest BCUT2D eigenvalue weighted by Crippen LogP contribution is -2.11. The van der Waals surface area contributed by atoms with E-state index in [1.165, 1.54) is 25.7 Å². The molecule has 1 fully saturated rings. The fraction of sp³-hybridized carbons (Fsp3) is 0.778. The molecule has 3 nitrogen and oxygen atoms in total. The minimum atomic E-state index is 0.601. The van der Waals surface area contributed by atoms with Gasteiger partial charge < -0.3 is 4.98 Å². The van der Waals surface area contributed by atoms with E-state index in [0.29, 0.717) is 10.7 Å². The molecule has 1 aromatic rings. The van der Waals surface area contributed by atoms with E-state index in [0.717, 1.165) is 11.7 Å². The van der Waals surface area contributed by atoms with Gasteiger partial charge in [-0.1, -0.05) is 19.8 Å². The Morgan fingerprint density at radius 3 is 2.54 bits per heavy atom. The number of hydrogen-bond acceptors (Lipinski definition) is 2. The van der Waals surface area contributed by atoms with Gasteiger partial charge in [-0.2, -0.15) is 5.10 Å². The van der Waals surface area contributed by atoms with Gasteiger partial charge in [0.2, 0.25) is 0 Å². The summed E-state index contributed by atoms with van der Waals surface area (Å²) < 4.78 is 0.647. The molecule has 0 saturated heterocycles. The van der Waals surface area contributed by atoms with Crippen molar-refractivity contribution in [3.8, 4) is 0 Å². The van der Waals surface area contributed by atoms with Crippen LogP contribution in [0.1, 0.15) is 44.3 Å². The Balaban J connectivity index is 2.06. The van der Waals surface area contributed by atoms with Crippen LogP contribution in [0.2, 0.25) is 0 Å². The fourth-order valence-electron chi connectivity index (χ4n) is 2.01. The number of hydrogen-bond donors (Lipinski definition) is 2. The van der Waals surface area contributed by atoms with Gasteiger partial charge in [0, 0.05) is 5.92 Å². The fourth-order valence-corrected chi connectivity index (χ4v) is 2.16. The third-order valence-corrected chi connectivity index (χ3v) is 3.12. The zero-order chi connectivity index (χ0) is 9.26. The second kappa shape index (κ2) is 3.62. The molecule has 0 aliphatic heterocycles. The number of aromatic amines is 2. The Bertz CT molecular complexity index is 320. The number of nitrogens with one attached hydrogen (secondary N) is 2. The average molecular weight is 197 g/mol. The maximum absolute atomic E-state index is 4.95. The third kappa shape index (κ3) is 1.99. The summed E-state index contributed by atoms with van der Waals surface area (Å²) >= 11 is 4.95. The van der Waals surface area contributed by atoms with Gasteiger partial charge in [0.05, 0.1) is 0 Å². The van der Waals surface area contributed by atoms with Gasteiger partial charge in [0.15, 0.2) is 4.77 Å². The van der Waals surface area contributed by atoms with E-state index in [-0.39, 0.29) is 0 Å². The Morgan fingerprint density at radius 1 is 1.31 bits per heavy atom. The first kappa shape index (κ1) is 8.94. The molecule has 1 aliphatic carbocycles. The molecule has 0 bridgehead atoms. The van der Waals surface area contributed by atoms with Gasteiger partial charge in [-0.05, 0) is 31.0 Å². The first-order chi connectivity index (χ1) is 6.25. The summed E-state index contributed by atoms with van der Waals surface area (Å²) in [5, 5.41) is 6.97. The minimum absolute atomic E-state index is 0.601. The van der Waals surface area contributed by atoms with Crippen molar-refractivity contribution < 1.29 is 0 Å². The maximum Gasteiger partial charge on any atom is 0.192 e. The van der Waals surface area contributed by atoms with E-state index in [9.17, 15) is 0 Å². The molecule has 4 heteroatoms. The molecule has 1 aromatic heterocycles. The SMILES string of the molecule is CC1CCC(c2n[nH]c(=S)[nH]2)CC1. The topological polar surface area (TPSA) is 44.5 Å². The van der Waals surface area contributed by atoms with Crippen LogP contribution in [0.15, 0.2) is 0 Å². The predicted molar refractivity (Wildman–Crippen MR) is 54.1 cm³/mol. The number of nitrogens with zero attached hydrogens (tertiary/aromatic N) is 1. The zero-order valence-electron chi connectivity index (χ0n) is 7.84. The second-order valence-corrected chi connectivity index (χ2v) is 4.43. The highest BCUT2D eigenvalue weighted by Gasteiger charge is 2.21. The Labute approximate surface area is 83.0 Å². The largest absolute Gasteiger partial charge is 0.318 e. The lowest BCUT2D eigenvalue weighted by atomic mass is 9.83. The van der Waals surface area contributed by atoms with Crippen LogP contribution in [-0.4, -0.2) is 15.2 Å². The molecule has 0 aromatic carbocycles. The van der Waals surface area contributed by atoms with Crippen molar-refractivity contribution in [3.63, 3.8) is 0 Å². The highest BCUT2D eigenvalue weighted by molar-refractivity contribution is 7.71. The highest BCUT2D eigenvalue weighted by Crippen LogP contribution is 2.33. The molecule has 0 radical (unpaired) electrons. The number of H-pyrrole nitrogens is 2. The lowest BCUT2D eigenvalue weighted by Gasteiger charge is -2.23. The molecular formula is C9H15N3S. The monoisotopic (exact) mass is 197 g/mol. The summed E-state index contributed by atoms with van der Waals surface area (Å²) in [6, 6.07) is 0. The van der Waals surface area contributed by atoms with Crippen LogP contribution in [0.25, 0.3) is 0 Å². The Kier molecular flexibility index (Phi) is 2.49. The van der Waals surface area contributed by atoms with Gasteiger partial charge in [0.25, 0.3) is 0 Å². The predicted octanol–water partition coefficient (Wildman–Crippen LogP) is 2.76. The number of aromatic nitrogens is 3. The Hall–Kier alpha value is -0.640. The first-order valence-electron chi connectivity index (χ1n) is 4.90. The van der Waals surface area contributed by atoms with Crippen LogP contribution in [0, 0.1) is 10.7 Å². The quantitative estimate of drug-likeness (QED) is 0.680. The second-order valence-electron chi connectivity index (χ2n) is 4.02. The van der Waals surface area contributed by atoms with Crippen LogP contribution in [-0.2, 0) is 0 Å². The molecule has 1 saturated carbocycles. The molecule has 2 rings (SSSR count). The minimum Gasteiger partial charge on any atom is -0.318 e. The van der Waals surface area contributed by atoms with Crippen LogP contribution >= 0.6 is 12.2 Å². The third-order valence-electron chi connectivity index (χ3n) is 2.92. The van der Waals surface area contributed by atoms with Gasteiger partial charge in [-0.25, -0.2) is 0 Å². The molecular weight excluding hydrogens is 182 g/mol. The van der Waals surface area contributed by atoms with Gasteiger partial charge in [0.1, 0.15) is 5.82 Å². The van der Waals surface area contributed by atoms with Crippen molar-refractivity contribution >= 4 is 12.2 Å². The molecule has 1 heterocycles. The van der Waals surface area contributed by atoms with E-state index >= 15 is 0 Å². The molecule has 2 N–H and O–H groups in total. The average Bonchev–Trinajstić information content (AvgIpc) is 2.53. The molecule has 0 amide bonds. The molecule has 0 atom stereocenters. The van der Waals surface area contributed by atoms with E-state index < -0.39 is 0 Å². The van der Waals surface area contributed by atoms with E-state index in [1.54, 1.807) is 0 Å². The summed E-state index contributed by atoms with van der Waals surface area (Å²) in [5.74, 6) is 2.54. The maximum atomic E-state index is 4.95. The van der Waals surface area contributed by atoms with Crippen LogP contribution < -0.4 is 0 Å². The summed E-state index contributed by atoms with van der Waals surface area (Å²) in [4.78, 5) is 3.11. The van der Waals surface area contributed by atoms with Gasteiger partial charge in [-0.3, -0.25) is 5.10 Å². The van der Waals surface area contributed by atoms with Crippen molar-refractivity contribution in [2.75, 3.05) is 0 Å². The molecule has 72 valence electrons. The van der Waals surface area contributed by atoms with E-state index in [1.807, 2.05) is 0 Å². The van der Waals surface area contributed by atoms with Crippen molar-refractivity contribution in [2.45, 2.75) is 38.5 Å². The molecule has 13 heavy (non-hydrogen) atoms. The summed E-state index contributed by atoms with van der Waals surface area (Å²) in [7, 11) is 0. The number of rotatable bonds is 1. The van der Waals surface area contributed by atoms with Gasteiger partial charge in [-0.15, -0.1) is 0 Å². The first-order valence-corrected chi connectivity index (χ1v) is 5.31. The summed E-state index contributed by atoms with van der Waals surface area (Å²) in [6.45, 7) is 2.32. The van der Waals surface area contributed by atoms with E-state index in [2.05, 4.69) is 22.1 Å². The van der Waals surface area contributed by atoms with E-state index in [4.69, 9.17) is 12.2 Å². The lowest BCUT2D eigenvalue weighted by molar-refractivity contribution is 0.340. The molecule has 0 spiro atoms. The van der Waals surface area contributed by atoms with Gasteiger partial charge >= 0.3 is 0 Å². The summed E-state index contributed by atoms with van der Waals surface area (Å²) in [5.41, 5.74) is 0. The van der Waals surface area contributed by atoms with Crippen molar-refractivity contribution in [1.29, 1.82) is 0 Å². The highest BCUT2D eigenvalue weighted by atomic mass is 32.1. The normalized spacial score (nSPS) is 29.0. The molecule has 1 aliphatic rings.